The Morgan fingerprint density at radius 2 is 1.59 bits per heavy atom. The fraction of sp³-hybridized carbons (Fsp3) is 0.240. The number of nitrogens with zero attached hydrogens (tertiary/aromatic N) is 1. The molecule has 1 N–H and O–H groups in total. The van der Waals surface area contributed by atoms with Crippen LogP contribution in [0.3, 0.4) is 0 Å². The first-order valence-electron chi connectivity index (χ1n) is 10.6. The van der Waals surface area contributed by atoms with Gasteiger partial charge in [-0.15, -0.1) is 0 Å². The van der Waals surface area contributed by atoms with Gasteiger partial charge in [0, 0.05) is 13.6 Å². The molecule has 0 fully saturated rings. The van der Waals surface area contributed by atoms with Gasteiger partial charge in [0.15, 0.2) is 0 Å². The first-order valence-corrected chi connectivity index (χ1v) is 12.0. The molecule has 0 aliphatic carbocycles. The van der Waals surface area contributed by atoms with Gasteiger partial charge in [-0.2, -0.15) is 0 Å². The van der Waals surface area contributed by atoms with E-state index in [1.54, 1.807) is 42.5 Å². The minimum atomic E-state index is -3.78. The number of rotatable bonds is 10. The number of hydrogen-bond donors (Lipinski definition) is 1. The number of ether oxygens (including phenoxy) is 1. The molecule has 0 unspecified atom stereocenters. The molecule has 0 aliphatic heterocycles. The fourth-order valence-electron chi connectivity index (χ4n) is 3.40. The summed E-state index contributed by atoms with van der Waals surface area (Å²) in [6.07, 6.45) is 1.50. The lowest BCUT2D eigenvalue weighted by Gasteiger charge is -2.22. The Kier molecular flexibility index (Phi) is 7.89. The first-order chi connectivity index (χ1) is 15.4. The van der Waals surface area contributed by atoms with Crippen molar-refractivity contribution >= 4 is 21.6 Å². The molecule has 32 heavy (non-hydrogen) atoms. The minimum absolute atomic E-state index is 0.172. The Balaban J connectivity index is 1.67. The average molecular weight is 453 g/mol. The maximum absolute atomic E-state index is 13.0. The van der Waals surface area contributed by atoms with Crippen LogP contribution < -0.4 is 14.4 Å². The minimum Gasteiger partial charge on any atom is -0.494 e. The molecule has 3 aromatic rings. The van der Waals surface area contributed by atoms with Crippen LogP contribution in [-0.4, -0.2) is 34.5 Å². The summed E-state index contributed by atoms with van der Waals surface area (Å²) in [6.45, 7) is 3.01. The number of anilines is 1. The highest BCUT2D eigenvalue weighted by atomic mass is 32.2. The van der Waals surface area contributed by atoms with Crippen molar-refractivity contribution in [1.29, 1.82) is 0 Å². The second-order valence-electron chi connectivity index (χ2n) is 7.20. The second-order valence-corrected chi connectivity index (χ2v) is 9.17. The zero-order valence-corrected chi connectivity index (χ0v) is 19.1. The third-order valence-corrected chi connectivity index (χ3v) is 6.86. The van der Waals surface area contributed by atoms with Crippen LogP contribution in [0.25, 0.3) is 0 Å². The first kappa shape index (κ1) is 23.3. The molecule has 0 radical (unpaired) electrons. The number of amides is 1. The Morgan fingerprint density at radius 1 is 0.938 bits per heavy atom. The number of aryl methyl sites for hydroxylation is 1. The van der Waals surface area contributed by atoms with Crippen LogP contribution in [0.5, 0.6) is 5.75 Å². The fourth-order valence-corrected chi connectivity index (χ4v) is 4.64. The summed E-state index contributed by atoms with van der Waals surface area (Å²) in [5.74, 6) is 0.549. The molecule has 0 saturated heterocycles. The Morgan fingerprint density at radius 3 is 2.34 bits per heavy atom. The molecular weight excluding hydrogens is 424 g/mol. The number of carbonyl (C=O) groups is 1. The smallest absolute Gasteiger partial charge is 0.264 e. The van der Waals surface area contributed by atoms with Gasteiger partial charge in [-0.25, -0.2) is 8.42 Å². The van der Waals surface area contributed by atoms with Gasteiger partial charge in [-0.3, -0.25) is 9.10 Å². The van der Waals surface area contributed by atoms with E-state index in [0.717, 1.165) is 28.5 Å². The summed E-state index contributed by atoms with van der Waals surface area (Å²) in [6, 6.07) is 22.7. The van der Waals surface area contributed by atoms with E-state index in [0.29, 0.717) is 24.4 Å². The molecule has 0 bridgehead atoms. The maximum atomic E-state index is 13.0. The molecule has 0 aromatic heterocycles. The van der Waals surface area contributed by atoms with Crippen LogP contribution in [0.4, 0.5) is 5.69 Å². The number of nitrogens with one attached hydrogen (secondary N) is 1. The van der Waals surface area contributed by atoms with Gasteiger partial charge in [0.1, 0.15) is 5.75 Å². The van der Waals surface area contributed by atoms with E-state index in [-0.39, 0.29) is 10.8 Å². The topological polar surface area (TPSA) is 75.7 Å². The van der Waals surface area contributed by atoms with Gasteiger partial charge >= 0.3 is 0 Å². The quantitative estimate of drug-likeness (QED) is 0.466. The van der Waals surface area contributed by atoms with Crippen LogP contribution in [0.15, 0.2) is 83.8 Å². The van der Waals surface area contributed by atoms with E-state index < -0.39 is 10.0 Å². The number of carbonyl (C=O) groups excluding carboxylic acids is 1. The molecule has 7 heteroatoms. The zero-order chi connectivity index (χ0) is 23.0. The van der Waals surface area contributed by atoms with Crippen LogP contribution >= 0.6 is 0 Å². The van der Waals surface area contributed by atoms with Crippen molar-refractivity contribution < 1.29 is 17.9 Å². The number of hydrogen-bond acceptors (Lipinski definition) is 4. The molecule has 1 amide bonds. The number of sulfonamides is 1. The second kappa shape index (κ2) is 10.8. The van der Waals surface area contributed by atoms with Crippen LogP contribution in [0, 0.1) is 0 Å². The molecule has 0 heterocycles. The van der Waals surface area contributed by atoms with Crippen LogP contribution in [0.2, 0.25) is 0 Å². The van der Waals surface area contributed by atoms with Gasteiger partial charge in [-0.1, -0.05) is 48.5 Å². The van der Waals surface area contributed by atoms with Crippen molar-refractivity contribution in [1.82, 2.24) is 5.32 Å². The highest BCUT2D eigenvalue weighted by Crippen LogP contribution is 2.25. The molecular formula is C25H28N2O4S. The molecule has 0 aliphatic rings. The standard InChI is InChI=1S/C25H28N2O4S/c1-3-31-24-18-10-7-12-20(24)13-11-19-26-25(28)22-16-8-9-17-23(22)27(2)32(29,30)21-14-5-4-6-15-21/h4-10,12,14-18H,3,11,13,19H2,1-2H3,(H,26,28). The van der Waals surface area contributed by atoms with Crippen molar-refractivity contribution in [2.24, 2.45) is 0 Å². The summed E-state index contributed by atoms with van der Waals surface area (Å²) in [7, 11) is -2.32. The predicted molar refractivity (Wildman–Crippen MR) is 127 cm³/mol. The van der Waals surface area contributed by atoms with E-state index in [1.807, 2.05) is 31.2 Å². The maximum Gasteiger partial charge on any atom is 0.264 e. The Hall–Kier alpha value is -3.32. The molecule has 168 valence electrons. The molecule has 0 atom stereocenters. The lowest BCUT2D eigenvalue weighted by Crippen LogP contribution is -2.31. The summed E-state index contributed by atoms with van der Waals surface area (Å²) < 4.78 is 32.8. The van der Waals surface area contributed by atoms with Crippen LogP contribution in [-0.2, 0) is 16.4 Å². The highest BCUT2D eigenvalue weighted by Gasteiger charge is 2.24. The van der Waals surface area contributed by atoms with E-state index >= 15 is 0 Å². The third kappa shape index (κ3) is 5.48. The Bertz CT molecular complexity index is 1150. The summed E-state index contributed by atoms with van der Waals surface area (Å²) in [4.78, 5) is 13.0. The third-order valence-electron chi connectivity index (χ3n) is 5.07. The van der Waals surface area contributed by atoms with Gasteiger partial charge < -0.3 is 10.1 Å². The average Bonchev–Trinajstić information content (AvgIpc) is 2.83. The van der Waals surface area contributed by atoms with E-state index in [1.165, 1.54) is 19.2 Å². The van der Waals surface area contributed by atoms with Crippen molar-refractivity contribution in [2.75, 3.05) is 24.5 Å². The van der Waals surface area contributed by atoms with Crippen molar-refractivity contribution in [3.8, 4) is 5.75 Å². The molecule has 6 nitrogen and oxygen atoms in total. The van der Waals surface area contributed by atoms with Crippen LogP contribution in [0.1, 0.15) is 29.3 Å². The molecule has 3 rings (SSSR count). The molecule has 3 aromatic carbocycles. The predicted octanol–water partition coefficient (Wildman–Crippen LogP) is 4.27. The van der Waals surface area contributed by atoms with Gasteiger partial charge in [0.05, 0.1) is 22.8 Å². The largest absolute Gasteiger partial charge is 0.494 e. The number of benzene rings is 3. The van der Waals surface area contributed by atoms with E-state index in [2.05, 4.69) is 5.32 Å². The summed E-state index contributed by atoms with van der Waals surface area (Å²) in [5, 5.41) is 2.91. The monoisotopic (exact) mass is 452 g/mol. The van der Waals surface area contributed by atoms with E-state index in [4.69, 9.17) is 4.74 Å². The Labute approximate surface area is 189 Å². The van der Waals surface area contributed by atoms with Gasteiger partial charge in [0.2, 0.25) is 0 Å². The SMILES string of the molecule is CCOc1ccccc1CCCNC(=O)c1ccccc1N(C)S(=O)(=O)c1ccccc1. The van der Waals surface area contributed by atoms with E-state index in [9.17, 15) is 13.2 Å². The lowest BCUT2D eigenvalue weighted by molar-refractivity contribution is 0.0954. The summed E-state index contributed by atoms with van der Waals surface area (Å²) in [5.41, 5.74) is 1.73. The van der Waals surface area contributed by atoms with Crippen molar-refractivity contribution in [3.63, 3.8) is 0 Å². The molecule has 0 spiro atoms. The van der Waals surface area contributed by atoms with Crippen molar-refractivity contribution in [3.05, 3.63) is 90.0 Å². The van der Waals surface area contributed by atoms with Gasteiger partial charge in [-0.05, 0) is 55.7 Å². The number of para-hydroxylation sites is 2. The van der Waals surface area contributed by atoms with Gasteiger partial charge in [0.25, 0.3) is 15.9 Å². The molecule has 0 saturated carbocycles. The lowest BCUT2D eigenvalue weighted by atomic mass is 10.1. The normalized spacial score (nSPS) is 11.1. The summed E-state index contributed by atoms with van der Waals surface area (Å²) >= 11 is 0. The highest BCUT2D eigenvalue weighted by molar-refractivity contribution is 7.92. The van der Waals surface area contributed by atoms with Crippen molar-refractivity contribution in [2.45, 2.75) is 24.7 Å². The zero-order valence-electron chi connectivity index (χ0n) is 18.3.